The third-order valence-electron chi connectivity index (χ3n) is 5.87. The van der Waals surface area contributed by atoms with Crippen LogP contribution in [-0.4, -0.2) is 53.1 Å². The number of alkyl halides is 3. The van der Waals surface area contributed by atoms with Crippen molar-refractivity contribution in [3.05, 3.63) is 72.9 Å². The van der Waals surface area contributed by atoms with Gasteiger partial charge in [-0.15, -0.1) is 0 Å². The number of aromatic nitrogens is 2. The number of benzene rings is 2. The molecule has 0 radical (unpaired) electrons. The van der Waals surface area contributed by atoms with Gasteiger partial charge >= 0.3 is 12.3 Å². The number of hydrogen-bond donors (Lipinski definition) is 3. The van der Waals surface area contributed by atoms with Crippen LogP contribution >= 0.6 is 0 Å². The molecule has 0 spiro atoms. The van der Waals surface area contributed by atoms with Gasteiger partial charge in [0.25, 0.3) is 0 Å². The highest BCUT2D eigenvalue weighted by Crippen LogP contribution is 2.37. The van der Waals surface area contributed by atoms with Gasteiger partial charge in [-0.1, -0.05) is 43.0 Å². The van der Waals surface area contributed by atoms with Crippen molar-refractivity contribution < 1.29 is 27.5 Å². The normalized spacial score (nSPS) is 15.1. The maximum Gasteiger partial charge on any atom is 0.421 e. The maximum absolute atomic E-state index is 13.8. The van der Waals surface area contributed by atoms with Gasteiger partial charge in [-0.2, -0.15) is 18.2 Å². The van der Waals surface area contributed by atoms with E-state index in [-0.39, 0.29) is 23.4 Å². The average molecular weight is 527 g/mol. The van der Waals surface area contributed by atoms with E-state index in [9.17, 15) is 22.8 Å². The molecule has 1 aliphatic rings. The Kier molecular flexibility index (Phi) is 7.79. The minimum atomic E-state index is -4.75. The molecule has 2 heterocycles. The van der Waals surface area contributed by atoms with Crippen LogP contribution in [0.15, 0.2) is 67.4 Å². The fourth-order valence-corrected chi connectivity index (χ4v) is 3.99. The van der Waals surface area contributed by atoms with Gasteiger partial charge in [-0.05, 0) is 35.8 Å². The Balaban J connectivity index is 1.66. The lowest BCUT2D eigenvalue weighted by molar-refractivity contribution is -0.137. The van der Waals surface area contributed by atoms with Gasteiger partial charge < -0.3 is 25.6 Å². The third-order valence-corrected chi connectivity index (χ3v) is 5.87. The lowest BCUT2D eigenvalue weighted by Crippen LogP contribution is -2.31. The van der Waals surface area contributed by atoms with E-state index in [0.717, 1.165) is 17.2 Å². The number of nitrogens with one attached hydrogen (secondary N) is 3. The first-order valence-electron chi connectivity index (χ1n) is 11.6. The lowest BCUT2D eigenvalue weighted by Gasteiger charge is -2.19. The number of anilines is 4. The summed E-state index contributed by atoms with van der Waals surface area (Å²) in [4.78, 5) is 33.2. The highest BCUT2D eigenvalue weighted by molar-refractivity contribution is 6.02. The molecule has 1 atom stereocenters. The minimum Gasteiger partial charge on any atom is -0.453 e. The van der Waals surface area contributed by atoms with Crippen LogP contribution in [0, 0.1) is 0 Å². The van der Waals surface area contributed by atoms with Crippen LogP contribution in [0.3, 0.4) is 0 Å². The fraction of sp³-hybridized carbons (Fsp3) is 0.231. The second-order valence-corrected chi connectivity index (χ2v) is 8.44. The summed E-state index contributed by atoms with van der Waals surface area (Å²) in [6, 6.07) is 13.9. The van der Waals surface area contributed by atoms with E-state index in [2.05, 4.69) is 32.5 Å². The van der Waals surface area contributed by atoms with Crippen LogP contribution in [0.5, 0.6) is 0 Å². The Hall–Kier alpha value is -4.61. The Morgan fingerprint density at radius 2 is 1.89 bits per heavy atom. The first-order chi connectivity index (χ1) is 18.2. The smallest absolute Gasteiger partial charge is 0.421 e. The Bertz CT molecular complexity index is 1330. The Morgan fingerprint density at radius 1 is 1.13 bits per heavy atom. The summed E-state index contributed by atoms with van der Waals surface area (Å²) < 4.78 is 46.2. The molecule has 2 amide bonds. The van der Waals surface area contributed by atoms with Crippen molar-refractivity contribution in [3.63, 3.8) is 0 Å². The highest BCUT2D eigenvalue weighted by Gasteiger charge is 2.36. The van der Waals surface area contributed by atoms with Crippen LogP contribution in [0.2, 0.25) is 0 Å². The number of halogens is 3. The molecule has 38 heavy (non-hydrogen) atoms. The number of nitrogens with zero attached hydrogens (tertiary/aromatic N) is 3. The van der Waals surface area contributed by atoms with E-state index in [1.54, 1.807) is 18.2 Å². The largest absolute Gasteiger partial charge is 0.453 e. The predicted molar refractivity (Wildman–Crippen MR) is 137 cm³/mol. The molecule has 2 aromatic carbocycles. The second-order valence-electron chi connectivity index (χ2n) is 8.44. The molecular formula is C26H25F3N6O3. The van der Waals surface area contributed by atoms with Gasteiger partial charge in [0, 0.05) is 25.3 Å². The van der Waals surface area contributed by atoms with Gasteiger partial charge in [-0.3, -0.25) is 4.79 Å². The molecule has 1 aromatic heterocycles. The quantitative estimate of drug-likeness (QED) is 0.359. The number of carbonyl (C=O) groups is 2. The van der Waals surface area contributed by atoms with Gasteiger partial charge in [0.05, 0.1) is 18.5 Å². The van der Waals surface area contributed by atoms with E-state index in [4.69, 9.17) is 4.74 Å². The Morgan fingerprint density at radius 3 is 2.58 bits per heavy atom. The zero-order valence-electron chi connectivity index (χ0n) is 20.4. The van der Waals surface area contributed by atoms with E-state index < -0.39 is 29.6 Å². The monoisotopic (exact) mass is 526 g/mol. The first-order valence-corrected chi connectivity index (χ1v) is 11.6. The molecule has 0 saturated carbocycles. The van der Waals surface area contributed by atoms with Crippen LogP contribution in [0.1, 0.15) is 12.0 Å². The number of ether oxygens (including phenoxy) is 1. The van der Waals surface area contributed by atoms with Crippen LogP contribution in [0.25, 0.3) is 11.1 Å². The summed E-state index contributed by atoms with van der Waals surface area (Å²) >= 11 is 0. The molecule has 1 fully saturated rings. The number of methoxy groups -OCH3 is 1. The molecule has 0 aliphatic carbocycles. The molecule has 4 rings (SSSR count). The molecule has 1 saturated heterocycles. The van der Waals surface area contributed by atoms with Crippen molar-refractivity contribution in [1.82, 2.24) is 14.9 Å². The molecule has 1 aliphatic heterocycles. The van der Waals surface area contributed by atoms with E-state index in [1.807, 2.05) is 30.3 Å². The van der Waals surface area contributed by atoms with Crippen molar-refractivity contribution in [1.29, 1.82) is 0 Å². The maximum atomic E-state index is 13.8. The van der Waals surface area contributed by atoms with Gasteiger partial charge in [0.15, 0.2) is 0 Å². The number of amides is 2. The van der Waals surface area contributed by atoms with Crippen molar-refractivity contribution in [2.75, 3.05) is 36.1 Å². The lowest BCUT2D eigenvalue weighted by atomic mass is 10.0. The minimum absolute atomic E-state index is 0.0465. The van der Waals surface area contributed by atoms with Crippen molar-refractivity contribution >= 4 is 35.1 Å². The number of hydrogen-bond acceptors (Lipinski definition) is 7. The fourth-order valence-electron chi connectivity index (χ4n) is 3.99. The number of likely N-dealkylation sites (tertiary alicyclic amines) is 1. The summed E-state index contributed by atoms with van der Waals surface area (Å²) in [6.45, 7) is 4.15. The Labute approximate surface area is 216 Å². The molecule has 198 valence electrons. The zero-order chi connectivity index (χ0) is 27.3. The van der Waals surface area contributed by atoms with Gasteiger partial charge in [0.2, 0.25) is 11.9 Å². The second kappa shape index (κ2) is 11.2. The topological polar surface area (TPSA) is 108 Å². The van der Waals surface area contributed by atoms with Crippen molar-refractivity contribution in [3.8, 4) is 11.1 Å². The van der Waals surface area contributed by atoms with E-state index >= 15 is 0 Å². The molecule has 9 nitrogen and oxygen atoms in total. The SMILES string of the molecule is C=CC(=O)Nc1cc(-c2ccccc2)ccc1Nc1nc(N[C@@H]2CCN(C(=O)OC)C2)ncc1C(F)(F)F. The van der Waals surface area contributed by atoms with Crippen LogP contribution in [-0.2, 0) is 15.7 Å². The van der Waals surface area contributed by atoms with Crippen LogP contribution < -0.4 is 16.0 Å². The van der Waals surface area contributed by atoms with E-state index in [0.29, 0.717) is 25.7 Å². The standard InChI is InChI=1S/C26H25F3N6O3/c1-3-22(36)32-21-13-17(16-7-5-4-6-8-16)9-10-20(21)33-23-19(26(27,28)29)14-30-24(34-23)31-18-11-12-35(15-18)25(37)38-2/h3-10,13-14,18H,1,11-12,15H2,2H3,(H,32,36)(H2,30,31,33,34)/t18-/m1/s1. The van der Waals surface area contributed by atoms with E-state index in [1.165, 1.54) is 12.0 Å². The molecule has 0 bridgehead atoms. The summed E-state index contributed by atoms with van der Waals surface area (Å²) in [6.07, 6.45) is -2.94. The third kappa shape index (κ3) is 6.20. The van der Waals surface area contributed by atoms with Gasteiger partial charge in [-0.25, -0.2) is 9.78 Å². The molecule has 12 heteroatoms. The summed E-state index contributed by atoms with van der Waals surface area (Å²) in [5.74, 6) is -1.08. The van der Waals surface area contributed by atoms with Crippen molar-refractivity contribution in [2.45, 2.75) is 18.6 Å². The van der Waals surface area contributed by atoms with Crippen LogP contribution in [0.4, 0.5) is 41.1 Å². The molecular weight excluding hydrogens is 501 g/mol. The highest BCUT2D eigenvalue weighted by atomic mass is 19.4. The first kappa shape index (κ1) is 26.5. The predicted octanol–water partition coefficient (Wildman–Crippen LogP) is 5.28. The average Bonchev–Trinajstić information content (AvgIpc) is 3.37. The summed E-state index contributed by atoms with van der Waals surface area (Å²) in [5, 5.41) is 8.33. The summed E-state index contributed by atoms with van der Waals surface area (Å²) in [5.41, 5.74) is 0.941. The zero-order valence-corrected chi connectivity index (χ0v) is 20.4. The van der Waals surface area contributed by atoms with Crippen molar-refractivity contribution in [2.24, 2.45) is 0 Å². The summed E-state index contributed by atoms with van der Waals surface area (Å²) in [7, 11) is 1.28. The number of rotatable bonds is 7. The molecule has 0 unspecified atom stereocenters. The number of carbonyl (C=O) groups excluding carboxylic acids is 2. The molecule has 3 N–H and O–H groups in total. The molecule has 3 aromatic rings. The van der Waals surface area contributed by atoms with Gasteiger partial charge in [0.1, 0.15) is 11.4 Å².